The van der Waals surface area contributed by atoms with Crippen LogP contribution in [0.5, 0.6) is 5.75 Å². The molecule has 0 fully saturated rings. The van der Waals surface area contributed by atoms with E-state index in [2.05, 4.69) is 4.99 Å². The van der Waals surface area contributed by atoms with Gasteiger partial charge in [-0.1, -0.05) is 18.2 Å². The molecule has 0 aliphatic rings. The van der Waals surface area contributed by atoms with E-state index in [1.54, 1.807) is 30.3 Å². The Hall–Kier alpha value is -1.93. The van der Waals surface area contributed by atoms with Crippen LogP contribution in [0.25, 0.3) is 0 Å². The minimum Gasteiger partial charge on any atom is -0.425 e. The zero-order valence-corrected chi connectivity index (χ0v) is 6.77. The molecule has 0 aliphatic carbocycles. The smallest absolute Gasteiger partial charge is 0.334 e. The Balaban J connectivity index is 2.50. The summed E-state index contributed by atoms with van der Waals surface area (Å²) >= 11 is 0. The molecule has 0 N–H and O–H groups in total. The third-order valence-corrected chi connectivity index (χ3v) is 1.25. The predicted octanol–water partition coefficient (Wildman–Crippen LogP) is 0.928. The maximum Gasteiger partial charge on any atom is 0.334 e. The van der Waals surface area contributed by atoms with Gasteiger partial charge in [-0.25, -0.2) is 9.59 Å². The highest BCUT2D eigenvalue weighted by Gasteiger charge is 2.01. The first-order valence-electron chi connectivity index (χ1n) is 3.62. The zero-order valence-electron chi connectivity index (χ0n) is 6.77. The maximum atomic E-state index is 10.9. The fourth-order valence-corrected chi connectivity index (χ4v) is 0.749. The molecular formula is C9H7NO3. The lowest BCUT2D eigenvalue weighted by Crippen LogP contribution is -2.10. The number of hydrogen-bond donors (Lipinski definition) is 0. The number of ether oxygens (including phenoxy) is 1. The van der Waals surface area contributed by atoms with E-state index >= 15 is 0 Å². The second kappa shape index (κ2) is 4.85. The molecule has 0 aliphatic heterocycles. The molecule has 0 bridgehead atoms. The Bertz CT molecular complexity index is 328. The van der Waals surface area contributed by atoms with E-state index in [9.17, 15) is 9.59 Å². The average Bonchev–Trinajstić information content (AvgIpc) is 2.16. The summed E-state index contributed by atoms with van der Waals surface area (Å²) in [5.74, 6) is -0.136. The summed E-state index contributed by atoms with van der Waals surface area (Å²) in [7, 11) is 0. The van der Waals surface area contributed by atoms with Crippen molar-refractivity contribution in [3.8, 4) is 5.75 Å². The number of esters is 1. The molecule has 0 saturated carbocycles. The Labute approximate surface area is 74.9 Å². The molecule has 0 aromatic heterocycles. The van der Waals surface area contributed by atoms with Gasteiger partial charge >= 0.3 is 5.97 Å². The van der Waals surface area contributed by atoms with Gasteiger partial charge in [0, 0.05) is 0 Å². The summed E-state index contributed by atoms with van der Waals surface area (Å²) in [6.45, 7) is -0.293. The monoisotopic (exact) mass is 177 g/mol. The van der Waals surface area contributed by atoms with Crippen LogP contribution >= 0.6 is 0 Å². The van der Waals surface area contributed by atoms with Crippen molar-refractivity contribution >= 4 is 12.0 Å². The lowest BCUT2D eigenvalue weighted by molar-refractivity contribution is -0.132. The fraction of sp³-hybridized carbons (Fsp3) is 0.111. The molecule has 0 heterocycles. The Morgan fingerprint density at radius 2 is 2.08 bits per heavy atom. The third-order valence-electron chi connectivity index (χ3n) is 1.25. The fourth-order valence-electron chi connectivity index (χ4n) is 0.749. The summed E-state index contributed by atoms with van der Waals surface area (Å²) in [5.41, 5.74) is 0. The van der Waals surface area contributed by atoms with E-state index in [4.69, 9.17) is 4.74 Å². The standard InChI is InChI=1S/C9H7NO3/c11-7-10-6-9(12)13-8-4-2-1-3-5-8/h1-5H,6H2. The van der Waals surface area contributed by atoms with Gasteiger partial charge in [0.2, 0.25) is 6.08 Å². The molecule has 1 aromatic carbocycles. The molecule has 1 rings (SSSR count). The molecule has 1 aromatic rings. The highest BCUT2D eigenvalue weighted by atomic mass is 16.5. The molecule has 0 saturated heterocycles. The predicted molar refractivity (Wildman–Crippen MR) is 45.1 cm³/mol. The number of nitrogens with zero attached hydrogens (tertiary/aromatic N) is 1. The second-order valence-corrected chi connectivity index (χ2v) is 2.19. The van der Waals surface area contributed by atoms with Crippen LogP contribution in [0.2, 0.25) is 0 Å². The Morgan fingerprint density at radius 3 is 2.69 bits per heavy atom. The summed E-state index contributed by atoms with van der Waals surface area (Å²) in [4.78, 5) is 23.6. The number of isocyanates is 1. The summed E-state index contributed by atoms with van der Waals surface area (Å²) < 4.78 is 4.80. The lowest BCUT2D eigenvalue weighted by atomic mass is 10.3. The molecule has 4 heteroatoms. The molecule has 0 radical (unpaired) electrons. The van der Waals surface area contributed by atoms with Gasteiger partial charge in [0.15, 0.2) is 0 Å². The summed E-state index contributed by atoms with van der Waals surface area (Å²) in [6, 6.07) is 8.57. The van der Waals surface area contributed by atoms with Gasteiger partial charge in [0.25, 0.3) is 0 Å². The molecule has 0 amide bonds. The van der Waals surface area contributed by atoms with Gasteiger partial charge in [-0.3, -0.25) is 0 Å². The maximum absolute atomic E-state index is 10.9. The van der Waals surface area contributed by atoms with E-state index < -0.39 is 5.97 Å². The second-order valence-electron chi connectivity index (χ2n) is 2.19. The van der Waals surface area contributed by atoms with Gasteiger partial charge in [-0.2, -0.15) is 4.99 Å². The molecular weight excluding hydrogens is 170 g/mol. The third kappa shape index (κ3) is 3.31. The van der Waals surface area contributed by atoms with Crippen LogP contribution < -0.4 is 4.74 Å². The first kappa shape index (κ1) is 9.16. The number of aliphatic imine (C=N–C) groups is 1. The van der Waals surface area contributed by atoms with Crippen molar-refractivity contribution in [2.24, 2.45) is 4.99 Å². The van der Waals surface area contributed by atoms with Crippen molar-refractivity contribution in [3.05, 3.63) is 30.3 Å². The van der Waals surface area contributed by atoms with Gasteiger partial charge in [0.1, 0.15) is 12.3 Å². The molecule has 66 valence electrons. The van der Waals surface area contributed by atoms with E-state index in [0.29, 0.717) is 5.75 Å². The van der Waals surface area contributed by atoms with Gasteiger partial charge in [0.05, 0.1) is 0 Å². The van der Waals surface area contributed by atoms with Gasteiger partial charge in [-0.15, -0.1) is 0 Å². The minimum atomic E-state index is -0.574. The van der Waals surface area contributed by atoms with Crippen LogP contribution in [-0.4, -0.2) is 18.6 Å². The van der Waals surface area contributed by atoms with Crippen LogP contribution in [0.15, 0.2) is 35.3 Å². The number of carbonyl (C=O) groups is 1. The van der Waals surface area contributed by atoms with E-state index in [1.807, 2.05) is 0 Å². The van der Waals surface area contributed by atoms with Gasteiger partial charge < -0.3 is 4.74 Å². The zero-order chi connectivity index (χ0) is 9.52. The van der Waals surface area contributed by atoms with Crippen LogP contribution in [0, 0.1) is 0 Å². The van der Waals surface area contributed by atoms with Crippen LogP contribution in [-0.2, 0) is 9.59 Å². The van der Waals surface area contributed by atoms with Crippen LogP contribution in [0.3, 0.4) is 0 Å². The van der Waals surface area contributed by atoms with E-state index in [0.717, 1.165) is 0 Å². The normalized spacial score (nSPS) is 8.62. The van der Waals surface area contributed by atoms with Crippen molar-refractivity contribution in [3.63, 3.8) is 0 Å². The van der Waals surface area contributed by atoms with Crippen LogP contribution in [0.1, 0.15) is 0 Å². The molecule has 0 unspecified atom stereocenters. The molecule has 0 spiro atoms. The van der Waals surface area contributed by atoms with E-state index in [-0.39, 0.29) is 6.54 Å². The first-order valence-corrected chi connectivity index (χ1v) is 3.62. The summed E-state index contributed by atoms with van der Waals surface area (Å²) in [6.07, 6.45) is 1.26. The largest absolute Gasteiger partial charge is 0.425 e. The molecule has 13 heavy (non-hydrogen) atoms. The van der Waals surface area contributed by atoms with Crippen molar-refractivity contribution in [1.29, 1.82) is 0 Å². The number of rotatable bonds is 3. The van der Waals surface area contributed by atoms with E-state index in [1.165, 1.54) is 6.08 Å². The number of carbonyl (C=O) groups excluding carboxylic acids is 2. The van der Waals surface area contributed by atoms with Crippen molar-refractivity contribution in [2.75, 3.05) is 6.54 Å². The van der Waals surface area contributed by atoms with Gasteiger partial charge in [-0.05, 0) is 12.1 Å². The van der Waals surface area contributed by atoms with Crippen molar-refractivity contribution < 1.29 is 14.3 Å². The lowest BCUT2D eigenvalue weighted by Gasteiger charge is -1.99. The van der Waals surface area contributed by atoms with Crippen LogP contribution in [0.4, 0.5) is 0 Å². The first-order chi connectivity index (χ1) is 6.33. The van der Waals surface area contributed by atoms with Crippen molar-refractivity contribution in [1.82, 2.24) is 0 Å². The topological polar surface area (TPSA) is 55.7 Å². The molecule has 0 atom stereocenters. The minimum absolute atomic E-state index is 0.293. The average molecular weight is 177 g/mol. The number of benzene rings is 1. The number of para-hydroxylation sites is 1. The Morgan fingerprint density at radius 1 is 1.38 bits per heavy atom. The number of hydrogen-bond acceptors (Lipinski definition) is 4. The SMILES string of the molecule is O=C=NCC(=O)Oc1ccccc1. The summed E-state index contributed by atoms with van der Waals surface area (Å²) in [5, 5.41) is 0. The Kier molecular flexibility index (Phi) is 3.42. The molecule has 4 nitrogen and oxygen atoms in total. The quantitative estimate of drug-likeness (QED) is 0.298. The highest BCUT2D eigenvalue weighted by molar-refractivity contribution is 5.75. The highest BCUT2D eigenvalue weighted by Crippen LogP contribution is 2.07. The van der Waals surface area contributed by atoms with Crippen molar-refractivity contribution in [2.45, 2.75) is 0 Å².